The van der Waals surface area contributed by atoms with Gasteiger partial charge in [0.1, 0.15) is 0 Å². The molecule has 0 bridgehead atoms. The Morgan fingerprint density at radius 1 is 1.75 bits per heavy atom. The fourth-order valence-electron chi connectivity index (χ4n) is 0.0972. The summed E-state index contributed by atoms with van der Waals surface area (Å²) in [5.41, 5.74) is 0.0864. The van der Waals surface area contributed by atoms with Crippen LogP contribution in [0.3, 0.4) is 0 Å². The van der Waals surface area contributed by atoms with Gasteiger partial charge in [-0.2, -0.15) is 12.6 Å². The molecular weight excluding hydrogens is 184 g/mol. The monoisotopic (exact) mass is 194 g/mol. The number of thiol groups is 1. The lowest BCUT2D eigenvalue weighted by Crippen LogP contribution is -2.15. The smallest absolute Gasteiger partial charge is 0.0655 e. The first-order valence-electron chi connectivity index (χ1n) is 2.46. The van der Waals surface area contributed by atoms with Gasteiger partial charge in [-0.05, 0) is 0 Å². The van der Waals surface area contributed by atoms with Gasteiger partial charge >= 0.3 is 0 Å². The molecule has 2 heteroatoms. The molecule has 0 N–H and O–H groups in total. The third kappa shape index (κ3) is 2.23. The van der Waals surface area contributed by atoms with Crippen molar-refractivity contribution in [1.29, 1.82) is 0 Å². The second kappa shape index (κ2) is 2.92. The van der Waals surface area contributed by atoms with E-state index < -0.39 is 0 Å². The number of allylic oxidation sites excluding steroid dienone is 1. The Balaban J connectivity index is 3.90. The van der Waals surface area contributed by atoms with Crippen LogP contribution < -0.4 is 0 Å². The molecule has 0 saturated carbocycles. The molecule has 0 radical (unpaired) electrons. The third-order valence-electron chi connectivity index (χ3n) is 1.14. The second-order valence-electron chi connectivity index (χ2n) is 2.36. The standard InChI is InChI=1S/C6H11BrS/c1-4-6(2,3)5(7)8/h4-5,8H,1H2,2-3H3/t5-/m0/s1. The minimum Gasteiger partial charge on any atom is -0.163 e. The van der Waals surface area contributed by atoms with Crippen molar-refractivity contribution in [2.45, 2.75) is 18.0 Å². The van der Waals surface area contributed by atoms with Gasteiger partial charge in [0.2, 0.25) is 0 Å². The number of rotatable bonds is 2. The molecule has 0 spiro atoms. The van der Waals surface area contributed by atoms with E-state index in [1.807, 2.05) is 6.08 Å². The van der Waals surface area contributed by atoms with E-state index in [1.165, 1.54) is 0 Å². The summed E-state index contributed by atoms with van der Waals surface area (Å²) in [6, 6.07) is 0. The van der Waals surface area contributed by atoms with Crippen LogP contribution in [0.25, 0.3) is 0 Å². The molecule has 0 aromatic carbocycles. The van der Waals surface area contributed by atoms with Gasteiger partial charge in [-0.15, -0.1) is 6.58 Å². The highest BCUT2D eigenvalue weighted by molar-refractivity contribution is 9.11. The first-order valence-corrected chi connectivity index (χ1v) is 3.89. The summed E-state index contributed by atoms with van der Waals surface area (Å²) in [5.74, 6) is 0. The van der Waals surface area contributed by atoms with Crippen molar-refractivity contribution in [3.8, 4) is 0 Å². The van der Waals surface area contributed by atoms with Crippen molar-refractivity contribution in [2.24, 2.45) is 5.41 Å². The summed E-state index contributed by atoms with van der Waals surface area (Å²) >= 11 is 7.55. The minimum absolute atomic E-state index is 0.0864. The molecule has 0 amide bonds. The van der Waals surface area contributed by atoms with E-state index in [9.17, 15) is 0 Å². The highest BCUT2D eigenvalue weighted by atomic mass is 79.9. The zero-order valence-corrected chi connectivity index (χ0v) is 7.67. The van der Waals surface area contributed by atoms with E-state index in [1.54, 1.807) is 0 Å². The fourth-order valence-corrected chi connectivity index (χ4v) is 0.390. The molecule has 0 aromatic rings. The van der Waals surface area contributed by atoms with Gasteiger partial charge in [0.05, 0.1) is 4.16 Å². The van der Waals surface area contributed by atoms with Gasteiger partial charge < -0.3 is 0 Å². The fraction of sp³-hybridized carbons (Fsp3) is 0.667. The molecule has 0 rings (SSSR count). The summed E-state index contributed by atoms with van der Waals surface area (Å²) in [6.45, 7) is 7.83. The normalized spacial score (nSPS) is 15.5. The summed E-state index contributed by atoms with van der Waals surface area (Å²) in [7, 11) is 0. The summed E-state index contributed by atoms with van der Waals surface area (Å²) in [6.07, 6.45) is 1.89. The van der Waals surface area contributed by atoms with Crippen molar-refractivity contribution >= 4 is 28.6 Å². The molecular formula is C6H11BrS. The maximum absolute atomic E-state index is 4.20. The predicted octanol–water partition coefficient (Wildman–Crippen LogP) is 2.85. The lowest BCUT2D eigenvalue weighted by molar-refractivity contribution is 0.541. The third-order valence-corrected chi connectivity index (χ3v) is 2.99. The highest BCUT2D eigenvalue weighted by Gasteiger charge is 2.19. The average molecular weight is 195 g/mol. The summed E-state index contributed by atoms with van der Waals surface area (Å²) in [5, 5.41) is 0. The van der Waals surface area contributed by atoms with Crippen LogP contribution in [-0.2, 0) is 0 Å². The quantitative estimate of drug-likeness (QED) is 0.391. The van der Waals surface area contributed by atoms with Gasteiger partial charge in [0.15, 0.2) is 0 Å². The van der Waals surface area contributed by atoms with E-state index in [4.69, 9.17) is 0 Å². The van der Waals surface area contributed by atoms with Crippen LogP contribution in [0, 0.1) is 5.41 Å². The molecule has 0 saturated heterocycles. The van der Waals surface area contributed by atoms with E-state index >= 15 is 0 Å². The first kappa shape index (κ1) is 8.57. The van der Waals surface area contributed by atoms with Crippen molar-refractivity contribution in [1.82, 2.24) is 0 Å². The van der Waals surface area contributed by atoms with Crippen LogP contribution in [0.4, 0.5) is 0 Å². The maximum atomic E-state index is 4.20. The van der Waals surface area contributed by atoms with Gasteiger partial charge in [-0.1, -0.05) is 35.9 Å². The van der Waals surface area contributed by atoms with E-state index in [-0.39, 0.29) is 9.57 Å². The molecule has 48 valence electrons. The van der Waals surface area contributed by atoms with Gasteiger partial charge in [-0.25, -0.2) is 0 Å². The van der Waals surface area contributed by atoms with Crippen LogP contribution in [0.1, 0.15) is 13.8 Å². The van der Waals surface area contributed by atoms with Gasteiger partial charge in [0, 0.05) is 5.41 Å². The van der Waals surface area contributed by atoms with Crippen LogP contribution in [0.2, 0.25) is 0 Å². The van der Waals surface area contributed by atoms with Crippen LogP contribution in [0.5, 0.6) is 0 Å². The molecule has 0 aliphatic rings. The molecule has 0 aliphatic carbocycles. The SMILES string of the molecule is C=CC(C)(C)[C@H](S)Br. The maximum Gasteiger partial charge on any atom is 0.0655 e. The van der Waals surface area contributed by atoms with Crippen molar-refractivity contribution < 1.29 is 0 Å². The lowest BCUT2D eigenvalue weighted by atomic mass is 9.97. The zero-order chi connectivity index (χ0) is 6.78. The Morgan fingerprint density at radius 3 is 2.12 bits per heavy atom. The molecule has 0 aromatic heterocycles. The average Bonchev–Trinajstić information content (AvgIpc) is 1.67. The zero-order valence-electron chi connectivity index (χ0n) is 5.19. The Hall–Kier alpha value is 0.570. The lowest BCUT2D eigenvalue weighted by Gasteiger charge is -2.21. The molecule has 0 heterocycles. The Morgan fingerprint density at radius 2 is 2.12 bits per heavy atom. The van der Waals surface area contributed by atoms with Crippen LogP contribution in [-0.4, -0.2) is 4.16 Å². The number of alkyl halides is 1. The number of hydrogen-bond acceptors (Lipinski definition) is 1. The molecule has 0 unspecified atom stereocenters. The number of hydrogen-bond donors (Lipinski definition) is 1. The first-order chi connectivity index (χ1) is 3.50. The van der Waals surface area contributed by atoms with Crippen LogP contribution in [0.15, 0.2) is 12.7 Å². The van der Waals surface area contributed by atoms with E-state index in [2.05, 4.69) is 49.0 Å². The van der Waals surface area contributed by atoms with Gasteiger partial charge in [0.25, 0.3) is 0 Å². The van der Waals surface area contributed by atoms with Crippen LogP contribution >= 0.6 is 28.6 Å². The van der Waals surface area contributed by atoms with Crippen molar-refractivity contribution in [2.75, 3.05) is 0 Å². The van der Waals surface area contributed by atoms with Crippen molar-refractivity contribution in [3.63, 3.8) is 0 Å². The molecule has 0 fully saturated rings. The highest BCUT2D eigenvalue weighted by Crippen LogP contribution is 2.30. The molecule has 1 atom stereocenters. The Labute approximate surface area is 64.9 Å². The molecule has 8 heavy (non-hydrogen) atoms. The minimum atomic E-state index is 0.0864. The Kier molecular flexibility index (Phi) is 3.13. The van der Waals surface area contributed by atoms with E-state index in [0.717, 1.165) is 0 Å². The molecule has 0 aliphatic heterocycles. The summed E-state index contributed by atoms with van der Waals surface area (Å²) < 4.78 is 0.201. The predicted molar refractivity (Wildman–Crippen MR) is 45.7 cm³/mol. The Bertz CT molecular complexity index is 86.5. The topological polar surface area (TPSA) is 0 Å². The number of halogens is 1. The molecule has 0 nitrogen and oxygen atoms in total. The van der Waals surface area contributed by atoms with Crippen molar-refractivity contribution in [3.05, 3.63) is 12.7 Å². The van der Waals surface area contributed by atoms with E-state index in [0.29, 0.717) is 0 Å². The van der Waals surface area contributed by atoms with Gasteiger partial charge in [-0.3, -0.25) is 0 Å². The second-order valence-corrected chi connectivity index (χ2v) is 4.50. The largest absolute Gasteiger partial charge is 0.163 e. The summed E-state index contributed by atoms with van der Waals surface area (Å²) in [4.78, 5) is 0.